The molecule has 0 aliphatic rings. The topological polar surface area (TPSA) is 56.2 Å². The molecule has 0 amide bonds. The highest BCUT2D eigenvalue weighted by molar-refractivity contribution is 5.97. The molecule has 0 aliphatic heterocycles. The molecule has 1 aromatic rings. The normalized spacial score (nSPS) is 12.8. The van der Waals surface area contributed by atoms with Gasteiger partial charge in [-0.05, 0) is 25.5 Å². The van der Waals surface area contributed by atoms with Gasteiger partial charge in [0.15, 0.2) is 5.78 Å². The molecule has 2 N–H and O–H groups in total. The van der Waals surface area contributed by atoms with Crippen LogP contribution < -0.4 is 5.73 Å². The third-order valence-electron chi connectivity index (χ3n) is 2.09. The molecule has 13 heavy (non-hydrogen) atoms. The van der Waals surface area contributed by atoms with E-state index in [0.717, 1.165) is 12.8 Å². The summed E-state index contributed by atoms with van der Waals surface area (Å²) in [4.78, 5) is 11.6. The molecule has 0 saturated carbocycles. The van der Waals surface area contributed by atoms with Crippen molar-refractivity contribution in [2.24, 2.45) is 11.7 Å². The molecule has 1 unspecified atom stereocenters. The summed E-state index contributed by atoms with van der Waals surface area (Å²) in [7, 11) is 0. The first-order valence-electron chi connectivity index (χ1n) is 4.52. The maximum absolute atomic E-state index is 11.6. The molecule has 0 radical (unpaired) electrons. The van der Waals surface area contributed by atoms with Crippen LogP contribution in [0.4, 0.5) is 0 Å². The average molecular weight is 181 g/mol. The summed E-state index contributed by atoms with van der Waals surface area (Å²) >= 11 is 0. The summed E-state index contributed by atoms with van der Waals surface area (Å²) < 4.78 is 4.84. The Morgan fingerprint density at radius 2 is 2.46 bits per heavy atom. The van der Waals surface area contributed by atoms with Crippen molar-refractivity contribution < 1.29 is 9.21 Å². The summed E-state index contributed by atoms with van der Waals surface area (Å²) in [6.07, 6.45) is 4.75. The minimum Gasteiger partial charge on any atom is -0.472 e. The Bertz CT molecular complexity index is 254. The fraction of sp³-hybridized carbons (Fsp3) is 0.500. The van der Waals surface area contributed by atoms with Crippen LogP contribution in [0.1, 0.15) is 30.1 Å². The van der Waals surface area contributed by atoms with Gasteiger partial charge < -0.3 is 10.2 Å². The van der Waals surface area contributed by atoms with Gasteiger partial charge in [-0.3, -0.25) is 4.79 Å². The van der Waals surface area contributed by atoms with E-state index in [2.05, 4.69) is 0 Å². The van der Waals surface area contributed by atoms with Crippen LogP contribution in [0.2, 0.25) is 0 Å². The van der Waals surface area contributed by atoms with Gasteiger partial charge in [-0.25, -0.2) is 0 Å². The summed E-state index contributed by atoms with van der Waals surface area (Å²) in [5.41, 5.74) is 6.02. The SMILES string of the molecule is CC(CCCN)C(=O)c1ccoc1. The first-order valence-corrected chi connectivity index (χ1v) is 4.52. The van der Waals surface area contributed by atoms with Crippen molar-refractivity contribution in [2.45, 2.75) is 19.8 Å². The Morgan fingerprint density at radius 1 is 1.69 bits per heavy atom. The second kappa shape index (κ2) is 4.82. The second-order valence-electron chi connectivity index (χ2n) is 3.21. The molecule has 72 valence electrons. The lowest BCUT2D eigenvalue weighted by Gasteiger charge is -2.06. The van der Waals surface area contributed by atoms with Crippen LogP contribution in [-0.2, 0) is 0 Å². The predicted octanol–water partition coefficient (Wildman–Crippen LogP) is 1.84. The Kier molecular flexibility index (Phi) is 3.71. The molecule has 3 heteroatoms. The molecule has 3 nitrogen and oxygen atoms in total. The van der Waals surface area contributed by atoms with Crippen LogP contribution in [0.25, 0.3) is 0 Å². The smallest absolute Gasteiger partial charge is 0.168 e. The zero-order valence-electron chi connectivity index (χ0n) is 7.82. The van der Waals surface area contributed by atoms with Crippen LogP contribution >= 0.6 is 0 Å². The Morgan fingerprint density at radius 3 is 3.00 bits per heavy atom. The van der Waals surface area contributed by atoms with Crippen LogP contribution in [0.5, 0.6) is 0 Å². The predicted molar refractivity (Wildman–Crippen MR) is 50.5 cm³/mol. The molecule has 0 bridgehead atoms. The van der Waals surface area contributed by atoms with E-state index < -0.39 is 0 Å². The third-order valence-corrected chi connectivity index (χ3v) is 2.09. The summed E-state index contributed by atoms with van der Waals surface area (Å²) in [5, 5.41) is 0. The number of Topliss-reactive ketones (excluding diaryl/α,β-unsaturated/α-hetero) is 1. The van der Waals surface area contributed by atoms with Gasteiger partial charge in [-0.2, -0.15) is 0 Å². The molecule has 1 rings (SSSR count). The van der Waals surface area contributed by atoms with Crippen LogP contribution in [0.3, 0.4) is 0 Å². The standard InChI is InChI=1S/C10H15NO2/c1-8(3-2-5-11)10(12)9-4-6-13-7-9/h4,6-8H,2-3,5,11H2,1H3. The summed E-state index contributed by atoms with van der Waals surface area (Å²) in [6.45, 7) is 2.56. The Hall–Kier alpha value is -1.09. The van der Waals surface area contributed by atoms with Crippen molar-refractivity contribution in [3.05, 3.63) is 24.2 Å². The number of hydrogen-bond donors (Lipinski definition) is 1. The van der Waals surface area contributed by atoms with Gasteiger partial charge in [0, 0.05) is 5.92 Å². The van der Waals surface area contributed by atoms with Crippen molar-refractivity contribution in [1.82, 2.24) is 0 Å². The lowest BCUT2D eigenvalue weighted by atomic mass is 9.97. The van der Waals surface area contributed by atoms with Gasteiger partial charge >= 0.3 is 0 Å². The first kappa shape index (κ1) is 9.99. The van der Waals surface area contributed by atoms with E-state index in [4.69, 9.17) is 10.2 Å². The molecule has 1 aromatic heterocycles. The van der Waals surface area contributed by atoms with E-state index in [9.17, 15) is 4.79 Å². The number of hydrogen-bond acceptors (Lipinski definition) is 3. The van der Waals surface area contributed by atoms with Crippen molar-refractivity contribution >= 4 is 5.78 Å². The number of carbonyl (C=O) groups excluding carboxylic acids is 1. The van der Waals surface area contributed by atoms with E-state index in [1.807, 2.05) is 6.92 Å². The maximum Gasteiger partial charge on any atom is 0.168 e. The molecular formula is C10H15NO2. The van der Waals surface area contributed by atoms with E-state index in [1.54, 1.807) is 6.07 Å². The Labute approximate surface area is 77.9 Å². The lowest BCUT2D eigenvalue weighted by Crippen LogP contribution is -2.12. The molecule has 0 fully saturated rings. The lowest BCUT2D eigenvalue weighted by molar-refractivity contribution is 0.0922. The van der Waals surface area contributed by atoms with Gasteiger partial charge in [0.1, 0.15) is 6.26 Å². The largest absolute Gasteiger partial charge is 0.472 e. The zero-order valence-corrected chi connectivity index (χ0v) is 7.82. The molecule has 1 heterocycles. The minimum atomic E-state index is 0.0427. The van der Waals surface area contributed by atoms with Crippen LogP contribution in [0, 0.1) is 5.92 Å². The van der Waals surface area contributed by atoms with E-state index >= 15 is 0 Å². The molecule has 1 atom stereocenters. The third kappa shape index (κ3) is 2.70. The Balaban J connectivity index is 2.48. The molecular weight excluding hydrogens is 166 g/mol. The van der Waals surface area contributed by atoms with Crippen molar-refractivity contribution in [1.29, 1.82) is 0 Å². The van der Waals surface area contributed by atoms with E-state index in [0.29, 0.717) is 12.1 Å². The highest BCUT2D eigenvalue weighted by Crippen LogP contribution is 2.13. The highest BCUT2D eigenvalue weighted by Gasteiger charge is 2.14. The van der Waals surface area contributed by atoms with Crippen molar-refractivity contribution in [2.75, 3.05) is 6.54 Å². The van der Waals surface area contributed by atoms with Crippen LogP contribution in [0.15, 0.2) is 23.0 Å². The number of ketones is 1. The number of carbonyl (C=O) groups is 1. The van der Waals surface area contributed by atoms with Crippen molar-refractivity contribution in [3.8, 4) is 0 Å². The summed E-state index contributed by atoms with van der Waals surface area (Å²) in [5.74, 6) is 0.184. The molecule has 0 aromatic carbocycles. The zero-order chi connectivity index (χ0) is 9.68. The number of rotatable bonds is 5. The fourth-order valence-electron chi connectivity index (χ4n) is 1.24. The summed E-state index contributed by atoms with van der Waals surface area (Å²) in [6, 6.07) is 1.70. The number of furan rings is 1. The van der Waals surface area contributed by atoms with Gasteiger partial charge in [-0.15, -0.1) is 0 Å². The minimum absolute atomic E-state index is 0.0427. The van der Waals surface area contributed by atoms with Gasteiger partial charge in [-0.1, -0.05) is 6.92 Å². The van der Waals surface area contributed by atoms with Gasteiger partial charge in [0.25, 0.3) is 0 Å². The van der Waals surface area contributed by atoms with Gasteiger partial charge in [0.2, 0.25) is 0 Å². The van der Waals surface area contributed by atoms with E-state index in [-0.39, 0.29) is 11.7 Å². The fourth-order valence-corrected chi connectivity index (χ4v) is 1.24. The average Bonchev–Trinajstić information content (AvgIpc) is 2.65. The second-order valence-corrected chi connectivity index (χ2v) is 3.21. The molecule has 0 saturated heterocycles. The molecule has 0 spiro atoms. The maximum atomic E-state index is 11.6. The molecule has 0 aliphatic carbocycles. The quantitative estimate of drug-likeness (QED) is 0.705. The van der Waals surface area contributed by atoms with Gasteiger partial charge in [0.05, 0.1) is 11.8 Å². The highest BCUT2D eigenvalue weighted by atomic mass is 16.3. The monoisotopic (exact) mass is 181 g/mol. The van der Waals surface area contributed by atoms with Crippen LogP contribution in [-0.4, -0.2) is 12.3 Å². The number of nitrogens with two attached hydrogens (primary N) is 1. The first-order chi connectivity index (χ1) is 6.25. The van der Waals surface area contributed by atoms with Crippen molar-refractivity contribution in [3.63, 3.8) is 0 Å². The van der Waals surface area contributed by atoms with E-state index in [1.165, 1.54) is 12.5 Å².